The molecule has 4 rings (SSSR count). The molecule has 1 aromatic heterocycles. The minimum atomic E-state index is 0.0392. The van der Waals surface area contributed by atoms with Crippen molar-refractivity contribution in [3.8, 4) is 11.1 Å². The van der Waals surface area contributed by atoms with Crippen LogP contribution in [-0.4, -0.2) is 41.6 Å². The Morgan fingerprint density at radius 1 is 1.10 bits per heavy atom. The number of carbonyl (C=O) groups is 1. The van der Waals surface area contributed by atoms with Gasteiger partial charge in [0.1, 0.15) is 17.9 Å². The molecular weight excluding hydrogens is 421 g/mol. The second-order valence-corrected chi connectivity index (χ2v) is 8.18. The number of fused-ring (bicyclic) bond motifs is 1. The van der Waals surface area contributed by atoms with Crippen molar-refractivity contribution in [2.75, 3.05) is 25.1 Å². The molecule has 30 heavy (non-hydrogen) atoms. The third-order valence-electron chi connectivity index (χ3n) is 5.33. The highest BCUT2D eigenvalue weighted by Gasteiger charge is 2.24. The fourth-order valence-electron chi connectivity index (χ4n) is 3.91. The predicted molar refractivity (Wildman–Crippen MR) is 124 cm³/mol. The maximum Gasteiger partial charge on any atom is 0.140 e. The molecule has 7 heteroatoms. The number of nitrogens with zero attached hydrogens (tertiary/aromatic N) is 3. The van der Waals surface area contributed by atoms with E-state index in [1.807, 2.05) is 25.1 Å². The number of rotatable bonds is 3. The van der Waals surface area contributed by atoms with Gasteiger partial charge < -0.3 is 14.8 Å². The van der Waals surface area contributed by atoms with E-state index in [2.05, 4.69) is 24.0 Å². The van der Waals surface area contributed by atoms with Gasteiger partial charge in [0, 0.05) is 26.1 Å². The van der Waals surface area contributed by atoms with E-state index in [0.717, 1.165) is 72.0 Å². The summed E-state index contributed by atoms with van der Waals surface area (Å²) >= 11 is 12.4. The summed E-state index contributed by atoms with van der Waals surface area (Å²) in [7, 11) is 1.00. The quantitative estimate of drug-likeness (QED) is 0.557. The van der Waals surface area contributed by atoms with Crippen LogP contribution in [0.5, 0.6) is 0 Å². The van der Waals surface area contributed by atoms with Crippen molar-refractivity contribution in [1.82, 2.24) is 9.97 Å². The second kappa shape index (κ2) is 9.73. The molecule has 1 aliphatic heterocycles. The number of aliphatic hydroxyl groups excluding tert-OH is 1. The lowest BCUT2D eigenvalue weighted by Crippen LogP contribution is -2.36. The van der Waals surface area contributed by atoms with Gasteiger partial charge in [-0.15, -0.1) is 0 Å². The first-order chi connectivity index (χ1) is 14.5. The van der Waals surface area contributed by atoms with E-state index >= 15 is 0 Å². The molecule has 0 radical (unpaired) electrons. The maximum absolute atomic E-state index is 11.4. The fraction of sp³-hybridized carbons (Fsp3) is 0.348. The first kappa shape index (κ1) is 22.5. The second-order valence-electron chi connectivity index (χ2n) is 7.36. The van der Waals surface area contributed by atoms with Crippen LogP contribution < -0.4 is 4.90 Å². The Morgan fingerprint density at radius 2 is 1.87 bits per heavy atom. The van der Waals surface area contributed by atoms with Gasteiger partial charge in [-0.05, 0) is 55.5 Å². The van der Waals surface area contributed by atoms with Crippen molar-refractivity contribution in [3.05, 3.63) is 51.8 Å². The lowest BCUT2D eigenvalue weighted by Gasteiger charge is -2.32. The molecule has 0 amide bonds. The summed E-state index contributed by atoms with van der Waals surface area (Å²) < 4.78 is 0. The molecule has 5 nitrogen and oxygen atoms in total. The minimum Gasteiger partial charge on any atom is -0.400 e. The van der Waals surface area contributed by atoms with Gasteiger partial charge >= 0.3 is 0 Å². The normalized spacial score (nSPS) is 16.2. The van der Waals surface area contributed by atoms with Gasteiger partial charge in [0.2, 0.25) is 0 Å². The zero-order valence-corrected chi connectivity index (χ0v) is 18.8. The minimum absolute atomic E-state index is 0.0392. The molecule has 158 valence electrons. The standard InChI is InChI=1S/C22H21Cl2N3O.CH4O/c1-13-5-7-17(16-6-8-18(23)19(24)10-16)20-21(13)25-14(2)26-22(20)27-9-3-4-15(11-27)12-28;1-2/h5-8,10,12,15H,3-4,9,11H2,1-2H3;2H,1H3. The van der Waals surface area contributed by atoms with Crippen LogP contribution in [0.4, 0.5) is 5.82 Å². The van der Waals surface area contributed by atoms with Crippen molar-refractivity contribution >= 4 is 46.2 Å². The fourth-order valence-corrected chi connectivity index (χ4v) is 4.21. The number of aromatic nitrogens is 2. The van der Waals surface area contributed by atoms with E-state index in [1.54, 1.807) is 0 Å². The SMILES string of the molecule is CO.Cc1nc(N2CCCC(C=O)C2)c2c(-c3ccc(Cl)c(Cl)c3)ccc(C)c2n1. The molecule has 0 aliphatic carbocycles. The van der Waals surface area contributed by atoms with E-state index < -0.39 is 0 Å². The Hall–Kier alpha value is -2.21. The van der Waals surface area contributed by atoms with E-state index in [-0.39, 0.29) is 5.92 Å². The van der Waals surface area contributed by atoms with Crippen molar-refractivity contribution in [2.24, 2.45) is 5.92 Å². The van der Waals surface area contributed by atoms with Gasteiger partial charge in [0.05, 0.1) is 20.9 Å². The number of anilines is 1. The molecule has 1 unspecified atom stereocenters. The Bertz CT molecular complexity index is 1070. The average Bonchev–Trinajstić information content (AvgIpc) is 2.77. The summed E-state index contributed by atoms with van der Waals surface area (Å²) in [4.78, 5) is 23.1. The number of hydrogen-bond donors (Lipinski definition) is 1. The predicted octanol–water partition coefficient (Wildman–Crippen LogP) is 5.24. The molecule has 3 aromatic rings. The molecule has 1 saturated heterocycles. The Kier molecular flexibility index (Phi) is 7.29. The van der Waals surface area contributed by atoms with Crippen LogP contribution in [0.3, 0.4) is 0 Å². The molecule has 1 N–H and O–H groups in total. The molecule has 1 aliphatic rings. The summed E-state index contributed by atoms with van der Waals surface area (Å²) in [5.41, 5.74) is 4.01. The smallest absolute Gasteiger partial charge is 0.140 e. The van der Waals surface area contributed by atoms with Gasteiger partial charge in [-0.1, -0.05) is 41.4 Å². The number of aryl methyl sites for hydroxylation is 2. The van der Waals surface area contributed by atoms with Gasteiger partial charge in [-0.3, -0.25) is 0 Å². The first-order valence-electron chi connectivity index (χ1n) is 9.86. The van der Waals surface area contributed by atoms with E-state index in [1.165, 1.54) is 0 Å². The van der Waals surface area contributed by atoms with Crippen LogP contribution >= 0.6 is 23.2 Å². The van der Waals surface area contributed by atoms with Crippen LogP contribution in [0.2, 0.25) is 10.0 Å². The average molecular weight is 446 g/mol. The highest BCUT2D eigenvalue weighted by Crippen LogP contribution is 2.38. The number of aliphatic hydroxyl groups is 1. The van der Waals surface area contributed by atoms with Crippen molar-refractivity contribution in [1.29, 1.82) is 0 Å². The summed E-state index contributed by atoms with van der Waals surface area (Å²) in [5, 5.41) is 9.04. The summed E-state index contributed by atoms with van der Waals surface area (Å²) in [6.07, 6.45) is 2.97. The van der Waals surface area contributed by atoms with Crippen LogP contribution in [0, 0.1) is 19.8 Å². The molecule has 0 bridgehead atoms. The Morgan fingerprint density at radius 3 is 2.57 bits per heavy atom. The Balaban J connectivity index is 0.00000124. The zero-order valence-electron chi connectivity index (χ0n) is 17.3. The monoisotopic (exact) mass is 445 g/mol. The third-order valence-corrected chi connectivity index (χ3v) is 6.06. The summed E-state index contributed by atoms with van der Waals surface area (Å²) in [6, 6.07) is 9.80. The molecule has 2 aromatic carbocycles. The topological polar surface area (TPSA) is 66.3 Å². The van der Waals surface area contributed by atoms with E-state index in [0.29, 0.717) is 16.6 Å². The van der Waals surface area contributed by atoms with E-state index in [4.69, 9.17) is 38.3 Å². The van der Waals surface area contributed by atoms with Gasteiger partial charge in [0.25, 0.3) is 0 Å². The van der Waals surface area contributed by atoms with Crippen LogP contribution in [-0.2, 0) is 4.79 Å². The molecule has 0 spiro atoms. The number of halogens is 2. The third kappa shape index (κ3) is 4.43. The summed E-state index contributed by atoms with van der Waals surface area (Å²) in [5.74, 6) is 1.65. The van der Waals surface area contributed by atoms with Crippen molar-refractivity contribution in [3.63, 3.8) is 0 Å². The Labute approximate surface area is 186 Å². The number of carbonyl (C=O) groups excluding carboxylic acids is 1. The van der Waals surface area contributed by atoms with Gasteiger partial charge in [-0.25, -0.2) is 9.97 Å². The lowest BCUT2D eigenvalue weighted by molar-refractivity contribution is -0.111. The van der Waals surface area contributed by atoms with Gasteiger partial charge in [-0.2, -0.15) is 0 Å². The molecule has 2 heterocycles. The maximum atomic E-state index is 11.4. The first-order valence-corrected chi connectivity index (χ1v) is 10.6. The highest BCUT2D eigenvalue weighted by atomic mass is 35.5. The molecule has 1 atom stereocenters. The number of benzene rings is 2. The van der Waals surface area contributed by atoms with Crippen LogP contribution in [0.15, 0.2) is 30.3 Å². The molecule has 0 saturated carbocycles. The lowest BCUT2D eigenvalue weighted by atomic mass is 9.96. The number of aldehydes is 1. The molecule has 1 fully saturated rings. The van der Waals surface area contributed by atoms with Crippen LogP contribution in [0.1, 0.15) is 24.2 Å². The van der Waals surface area contributed by atoms with Crippen LogP contribution in [0.25, 0.3) is 22.0 Å². The number of piperidine rings is 1. The van der Waals surface area contributed by atoms with E-state index in [9.17, 15) is 4.79 Å². The summed E-state index contributed by atoms with van der Waals surface area (Å²) in [6.45, 7) is 5.53. The van der Waals surface area contributed by atoms with Crippen molar-refractivity contribution < 1.29 is 9.90 Å². The molecular formula is C23H25Cl2N3O2. The highest BCUT2D eigenvalue weighted by molar-refractivity contribution is 6.42. The van der Waals surface area contributed by atoms with Crippen molar-refractivity contribution in [2.45, 2.75) is 26.7 Å². The van der Waals surface area contributed by atoms with Gasteiger partial charge in [0.15, 0.2) is 0 Å². The zero-order chi connectivity index (χ0) is 21.8. The number of hydrogen-bond acceptors (Lipinski definition) is 5. The largest absolute Gasteiger partial charge is 0.400 e.